The van der Waals surface area contributed by atoms with Crippen LogP contribution in [0, 0.1) is 5.92 Å². The van der Waals surface area contributed by atoms with Crippen LogP contribution in [0.4, 0.5) is 13.2 Å². The normalized spacial score (nSPS) is 16.9. The van der Waals surface area contributed by atoms with Crippen LogP contribution in [-0.4, -0.2) is 37.5 Å². The van der Waals surface area contributed by atoms with Gasteiger partial charge in [0.1, 0.15) is 0 Å². The first-order chi connectivity index (χ1) is 11.8. The molecule has 1 N–H and O–H groups in total. The van der Waals surface area contributed by atoms with E-state index in [1.807, 2.05) is 18.9 Å². The Balaban J connectivity index is 0.00000338. The molecule has 1 amide bonds. The zero-order valence-corrected chi connectivity index (χ0v) is 16.1. The van der Waals surface area contributed by atoms with Crippen molar-refractivity contribution in [2.75, 3.05) is 26.7 Å². The first-order valence-corrected chi connectivity index (χ1v) is 8.90. The SMILES string of the molecule is CNCCC1CCN(C(=O)CC(C)c2cccc(C(F)(F)F)c2)CC1.Cl. The summed E-state index contributed by atoms with van der Waals surface area (Å²) in [4.78, 5) is 14.3. The van der Waals surface area contributed by atoms with Gasteiger partial charge < -0.3 is 10.2 Å². The van der Waals surface area contributed by atoms with Gasteiger partial charge in [-0.1, -0.05) is 25.1 Å². The first-order valence-electron chi connectivity index (χ1n) is 8.90. The standard InChI is InChI=1S/C19H27F3N2O.ClH/c1-14(16-4-3-5-17(13-16)19(20,21)22)12-18(25)24-10-7-15(8-11-24)6-9-23-2;/h3-5,13-15,23H,6-12H2,1-2H3;1H. The van der Waals surface area contributed by atoms with Crippen molar-refractivity contribution < 1.29 is 18.0 Å². The second-order valence-electron chi connectivity index (χ2n) is 6.94. The molecule has 0 bridgehead atoms. The summed E-state index contributed by atoms with van der Waals surface area (Å²) in [5.74, 6) is 0.464. The van der Waals surface area contributed by atoms with E-state index in [1.54, 1.807) is 6.07 Å². The third-order valence-corrected chi connectivity index (χ3v) is 5.03. The van der Waals surface area contributed by atoms with Crippen LogP contribution in [0.2, 0.25) is 0 Å². The largest absolute Gasteiger partial charge is 0.416 e. The number of amides is 1. The number of carbonyl (C=O) groups is 1. The Labute approximate surface area is 159 Å². The van der Waals surface area contributed by atoms with Gasteiger partial charge in [-0.3, -0.25) is 4.79 Å². The van der Waals surface area contributed by atoms with Gasteiger partial charge in [0, 0.05) is 19.5 Å². The fourth-order valence-corrected chi connectivity index (χ4v) is 3.35. The van der Waals surface area contributed by atoms with Crippen LogP contribution in [0.25, 0.3) is 0 Å². The number of hydrogen-bond donors (Lipinski definition) is 1. The fraction of sp³-hybridized carbons (Fsp3) is 0.632. The summed E-state index contributed by atoms with van der Waals surface area (Å²) >= 11 is 0. The number of carbonyl (C=O) groups excluding carboxylic acids is 1. The van der Waals surface area contributed by atoms with E-state index in [0.29, 0.717) is 11.5 Å². The molecule has 0 spiro atoms. The number of rotatable bonds is 6. The molecule has 26 heavy (non-hydrogen) atoms. The van der Waals surface area contributed by atoms with Gasteiger partial charge in [-0.15, -0.1) is 12.4 Å². The van der Waals surface area contributed by atoms with Crippen molar-refractivity contribution >= 4 is 18.3 Å². The van der Waals surface area contributed by atoms with Crippen molar-refractivity contribution in [3.8, 4) is 0 Å². The molecule has 0 radical (unpaired) electrons. The Morgan fingerprint density at radius 1 is 1.31 bits per heavy atom. The van der Waals surface area contributed by atoms with Gasteiger partial charge in [0.15, 0.2) is 0 Å². The van der Waals surface area contributed by atoms with Gasteiger partial charge >= 0.3 is 6.18 Å². The Bertz CT molecular complexity index is 572. The molecule has 1 fully saturated rings. The molecule has 0 saturated carbocycles. The lowest BCUT2D eigenvalue weighted by Crippen LogP contribution is -2.39. The van der Waals surface area contributed by atoms with Crippen molar-refractivity contribution in [2.24, 2.45) is 5.92 Å². The molecule has 0 aliphatic carbocycles. The molecule has 1 heterocycles. The van der Waals surface area contributed by atoms with E-state index >= 15 is 0 Å². The molecule has 1 atom stereocenters. The average Bonchev–Trinajstić information content (AvgIpc) is 2.59. The highest BCUT2D eigenvalue weighted by atomic mass is 35.5. The predicted octanol–water partition coefficient (Wildman–Crippen LogP) is 4.47. The number of nitrogens with zero attached hydrogens (tertiary/aromatic N) is 1. The van der Waals surface area contributed by atoms with Crippen molar-refractivity contribution in [2.45, 2.75) is 44.7 Å². The highest BCUT2D eigenvalue weighted by Gasteiger charge is 2.31. The topological polar surface area (TPSA) is 32.3 Å². The minimum atomic E-state index is -4.35. The summed E-state index contributed by atoms with van der Waals surface area (Å²) in [6, 6.07) is 5.29. The van der Waals surface area contributed by atoms with Crippen LogP contribution >= 0.6 is 12.4 Å². The molecular weight excluding hydrogens is 365 g/mol. The molecule has 1 unspecified atom stereocenters. The van der Waals surface area contributed by atoms with Crippen LogP contribution < -0.4 is 5.32 Å². The number of halogens is 4. The monoisotopic (exact) mass is 392 g/mol. The molecule has 0 aromatic heterocycles. The highest BCUT2D eigenvalue weighted by Crippen LogP contribution is 2.32. The minimum Gasteiger partial charge on any atom is -0.343 e. The summed E-state index contributed by atoms with van der Waals surface area (Å²) in [5.41, 5.74) is -0.0956. The second kappa shape index (κ2) is 10.2. The number of piperidine rings is 1. The number of hydrogen-bond acceptors (Lipinski definition) is 2. The lowest BCUT2D eigenvalue weighted by atomic mass is 9.92. The molecule has 1 aliphatic rings. The maximum atomic E-state index is 12.8. The summed E-state index contributed by atoms with van der Waals surface area (Å²) in [6.07, 6.45) is -0.965. The smallest absolute Gasteiger partial charge is 0.343 e. The lowest BCUT2D eigenvalue weighted by molar-refractivity contribution is -0.137. The molecule has 1 aromatic carbocycles. The van der Waals surface area contributed by atoms with Crippen LogP contribution in [0.1, 0.15) is 49.7 Å². The fourth-order valence-electron chi connectivity index (χ4n) is 3.35. The number of nitrogens with one attached hydrogen (secondary N) is 1. The van der Waals surface area contributed by atoms with Crippen molar-refractivity contribution in [1.29, 1.82) is 0 Å². The van der Waals surface area contributed by atoms with E-state index in [1.165, 1.54) is 6.07 Å². The second-order valence-corrected chi connectivity index (χ2v) is 6.94. The summed E-state index contributed by atoms with van der Waals surface area (Å²) < 4.78 is 38.5. The first kappa shape index (κ1) is 22.8. The van der Waals surface area contributed by atoms with E-state index in [9.17, 15) is 18.0 Å². The molecular formula is C19H28ClF3N2O. The van der Waals surface area contributed by atoms with Gasteiger partial charge in [-0.25, -0.2) is 0 Å². The van der Waals surface area contributed by atoms with E-state index < -0.39 is 11.7 Å². The Hall–Kier alpha value is -1.27. The molecule has 148 valence electrons. The van der Waals surface area contributed by atoms with Gasteiger partial charge in [-0.05, 0) is 56.3 Å². The Morgan fingerprint density at radius 3 is 2.54 bits per heavy atom. The molecule has 3 nitrogen and oxygen atoms in total. The zero-order chi connectivity index (χ0) is 18.4. The van der Waals surface area contributed by atoms with Gasteiger partial charge in [0.25, 0.3) is 0 Å². The minimum absolute atomic E-state index is 0. The summed E-state index contributed by atoms with van der Waals surface area (Å²) in [7, 11) is 1.94. The molecule has 7 heteroatoms. The maximum absolute atomic E-state index is 12.8. The third-order valence-electron chi connectivity index (χ3n) is 5.03. The summed E-state index contributed by atoms with van der Waals surface area (Å²) in [6.45, 7) is 4.31. The van der Waals surface area contributed by atoms with Gasteiger partial charge in [-0.2, -0.15) is 13.2 Å². The third kappa shape index (κ3) is 6.47. The zero-order valence-electron chi connectivity index (χ0n) is 15.3. The van der Waals surface area contributed by atoms with Crippen LogP contribution in [0.5, 0.6) is 0 Å². The quantitative estimate of drug-likeness (QED) is 0.774. The van der Waals surface area contributed by atoms with E-state index in [4.69, 9.17) is 0 Å². The van der Waals surface area contributed by atoms with Crippen molar-refractivity contribution in [3.05, 3.63) is 35.4 Å². The van der Waals surface area contributed by atoms with Crippen molar-refractivity contribution in [3.63, 3.8) is 0 Å². The summed E-state index contributed by atoms with van der Waals surface area (Å²) in [5, 5.41) is 3.15. The highest BCUT2D eigenvalue weighted by molar-refractivity contribution is 5.85. The Kier molecular flexibility index (Phi) is 8.90. The maximum Gasteiger partial charge on any atom is 0.416 e. The van der Waals surface area contributed by atoms with E-state index in [-0.39, 0.29) is 30.7 Å². The van der Waals surface area contributed by atoms with Gasteiger partial charge in [0.05, 0.1) is 5.56 Å². The van der Waals surface area contributed by atoms with Gasteiger partial charge in [0.2, 0.25) is 5.91 Å². The molecule has 1 aliphatic heterocycles. The van der Waals surface area contributed by atoms with Crippen LogP contribution in [-0.2, 0) is 11.0 Å². The van der Waals surface area contributed by atoms with Crippen molar-refractivity contribution in [1.82, 2.24) is 10.2 Å². The lowest BCUT2D eigenvalue weighted by Gasteiger charge is -2.32. The molecule has 1 saturated heterocycles. The number of benzene rings is 1. The number of likely N-dealkylation sites (tertiary alicyclic amines) is 1. The molecule has 1 aromatic rings. The molecule has 2 rings (SSSR count). The Morgan fingerprint density at radius 2 is 1.96 bits per heavy atom. The average molecular weight is 393 g/mol. The number of alkyl halides is 3. The van der Waals surface area contributed by atoms with Crippen LogP contribution in [0.15, 0.2) is 24.3 Å². The predicted molar refractivity (Wildman–Crippen MR) is 99.6 cm³/mol. The van der Waals surface area contributed by atoms with E-state index in [2.05, 4.69) is 5.32 Å². The van der Waals surface area contributed by atoms with E-state index in [0.717, 1.165) is 51.0 Å². The van der Waals surface area contributed by atoms with Crippen LogP contribution in [0.3, 0.4) is 0 Å².